The Labute approximate surface area is 133 Å². The first kappa shape index (κ1) is 17.8. The maximum Gasteiger partial charge on any atom is 0.254 e. The number of hydrogen-bond donors (Lipinski definition) is 1. The van der Waals surface area contributed by atoms with E-state index in [0.717, 1.165) is 43.8 Å². The van der Waals surface area contributed by atoms with Crippen molar-refractivity contribution in [3.8, 4) is 5.75 Å². The highest BCUT2D eigenvalue weighted by atomic mass is 35.5. The van der Waals surface area contributed by atoms with Gasteiger partial charge in [0.15, 0.2) is 0 Å². The largest absolute Gasteiger partial charge is 0.494 e. The fourth-order valence-electron chi connectivity index (χ4n) is 2.62. The lowest BCUT2D eigenvalue weighted by Gasteiger charge is -2.28. The van der Waals surface area contributed by atoms with E-state index in [2.05, 4.69) is 12.2 Å². The molecule has 118 valence electrons. The molecule has 2 rings (SSSR count). The Morgan fingerprint density at radius 1 is 1.33 bits per heavy atom. The number of amides is 1. The lowest BCUT2D eigenvalue weighted by atomic mass is 10.1. The molecule has 0 radical (unpaired) electrons. The highest BCUT2D eigenvalue weighted by Crippen LogP contribution is 2.17. The summed E-state index contributed by atoms with van der Waals surface area (Å²) < 4.78 is 5.41. The van der Waals surface area contributed by atoms with Gasteiger partial charge in [0.1, 0.15) is 5.75 Å². The number of rotatable bonds is 6. The van der Waals surface area contributed by atoms with Crippen LogP contribution in [0.25, 0.3) is 0 Å². The zero-order valence-electron chi connectivity index (χ0n) is 12.8. The lowest BCUT2D eigenvalue weighted by molar-refractivity contribution is 0.0692. The first-order chi connectivity index (χ1) is 9.76. The topological polar surface area (TPSA) is 41.6 Å². The number of carbonyl (C=O) groups excluding carboxylic acids is 1. The number of halogens is 1. The van der Waals surface area contributed by atoms with E-state index in [4.69, 9.17) is 4.74 Å². The molecule has 1 heterocycles. The van der Waals surface area contributed by atoms with Crippen LogP contribution in [0.2, 0.25) is 0 Å². The van der Waals surface area contributed by atoms with E-state index in [1.165, 1.54) is 0 Å². The van der Waals surface area contributed by atoms with Gasteiger partial charge in [-0.3, -0.25) is 4.79 Å². The second-order valence-electron chi connectivity index (χ2n) is 5.10. The van der Waals surface area contributed by atoms with Crippen LogP contribution in [-0.4, -0.2) is 43.1 Å². The van der Waals surface area contributed by atoms with Gasteiger partial charge >= 0.3 is 0 Å². The van der Waals surface area contributed by atoms with Gasteiger partial charge in [0.25, 0.3) is 5.91 Å². The predicted octanol–water partition coefficient (Wildman–Crippen LogP) is 2.72. The van der Waals surface area contributed by atoms with E-state index in [-0.39, 0.29) is 18.3 Å². The summed E-state index contributed by atoms with van der Waals surface area (Å²) in [6, 6.07) is 7.78. The SMILES string of the molecule is CCCN(C(=O)c1ccc(OCC)cc1)C1CCNC1.Cl. The number of benzene rings is 1. The standard InChI is InChI=1S/C16H24N2O2.ClH/c1-3-11-18(14-9-10-17-12-14)16(19)13-5-7-15(8-6-13)20-4-2;/h5-8,14,17H,3-4,9-12H2,1-2H3;1H. The van der Waals surface area contributed by atoms with Crippen LogP contribution >= 0.6 is 12.4 Å². The minimum Gasteiger partial charge on any atom is -0.494 e. The molecular weight excluding hydrogens is 288 g/mol. The van der Waals surface area contributed by atoms with Crippen molar-refractivity contribution in [2.45, 2.75) is 32.7 Å². The van der Waals surface area contributed by atoms with Gasteiger partial charge in [-0.1, -0.05) is 6.92 Å². The summed E-state index contributed by atoms with van der Waals surface area (Å²) in [4.78, 5) is 14.7. The van der Waals surface area contributed by atoms with Gasteiger partial charge in [0.2, 0.25) is 0 Å². The molecule has 1 unspecified atom stereocenters. The van der Waals surface area contributed by atoms with E-state index < -0.39 is 0 Å². The molecule has 1 saturated heterocycles. The number of ether oxygens (including phenoxy) is 1. The molecule has 0 bridgehead atoms. The third-order valence-electron chi connectivity index (χ3n) is 3.61. The highest BCUT2D eigenvalue weighted by molar-refractivity contribution is 5.94. The molecule has 21 heavy (non-hydrogen) atoms. The molecule has 1 aliphatic rings. The van der Waals surface area contributed by atoms with Crippen molar-refractivity contribution in [2.24, 2.45) is 0 Å². The maximum atomic E-state index is 12.6. The molecule has 5 heteroatoms. The molecule has 1 atom stereocenters. The highest BCUT2D eigenvalue weighted by Gasteiger charge is 2.26. The third kappa shape index (κ3) is 4.61. The Kier molecular flexibility index (Phi) is 7.54. The van der Waals surface area contributed by atoms with Gasteiger partial charge in [0.05, 0.1) is 6.61 Å². The predicted molar refractivity (Wildman–Crippen MR) is 87.5 cm³/mol. The molecule has 0 spiro atoms. The molecule has 4 nitrogen and oxygen atoms in total. The number of carbonyl (C=O) groups is 1. The van der Waals surface area contributed by atoms with Crippen LogP contribution in [0, 0.1) is 0 Å². The second-order valence-corrected chi connectivity index (χ2v) is 5.10. The van der Waals surface area contributed by atoms with Crippen molar-refractivity contribution in [1.29, 1.82) is 0 Å². The van der Waals surface area contributed by atoms with E-state index in [1.54, 1.807) is 0 Å². The van der Waals surface area contributed by atoms with Gasteiger partial charge in [-0.2, -0.15) is 0 Å². The lowest BCUT2D eigenvalue weighted by Crippen LogP contribution is -2.42. The number of nitrogens with one attached hydrogen (secondary N) is 1. The Balaban J connectivity index is 0.00000220. The van der Waals surface area contributed by atoms with Crippen molar-refractivity contribution in [2.75, 3.05) is 26.2 Å². The van der Waals surface area contributed by atoms with Crippen molar-refractivity contribution < 1.29 is 9.53 Å². The minimum absolute atomic E-state index is 0. The van der Waals surface area contributed by atoms with Gasteiger partial charge < -0.3 is 15.0 Å². The molecule has 1 N–H and O–H groups in total. The van der Waals surface area contributed by atoms with Gasteiger partial charge in [-0.25, -0.2) is 0 Å². The van der Waals surface area contributed by atoms with Crippen molar-refractivity contribution in [3.63, 3.8) is 0 Å². The van der Waals surface area contributed by atoms with Crippen LogP contribution in [0.15, 0.2) is 24.3 Å². The number of nitrogens with zero attached hydrogens (tertiary/aromatic N) is 1. The molecule has 1 amide bonds. The van der Waals surface area contributed by atoms with Crippen LogP contribution in [-0.2, 0) is 0 Å². The monoisotopic (exact) mass is 312 g/mol. The van der Waals surface area contributed by atoms with Crippen LogP contribution in [0.5, 0.6) is 5.75 Å². The second kappa shape index (κ2) is 8.90. The van der Waals surface area contributed by atoms with Crippen molar-refractivity contribution in [1.82, 2.24) is 10.2 Å². The van der Waals surface area contributed by atoms with Crippen LogP contribution in [0.1, 0.15) is 37.0 Å². The quantitative estimate of drug-likeness (QED) is 0.878. The fraction of sp³-hybridized carbons (Fsp3) is 0.562. The van der Waals surface area contributed by atoms with E-state index in [0.29, 0.717) is 12.6 Å². The van der Waals surface area contributed by atoms with E-state index >= 15 is 0 Å². The van der Waals surface area contributed by atoms with Gasteiger partial charge in [0, 0.05) is 24.7 Å². The first-order valence-electron chi connectivity index (χ1n) is 7.50. The normalized spacial score (nSPS) is 17.1. The zero-order valence-corrected chi connectivity index (χ0v) is 13.6. The Morgan fingerprint density at radius 3 is 2.57 bits per heavy atom. The number of hydrogen-bond acceptors (Lipinski definition) is 3. The smallest absolute Gasteiger partial charge is 0.254 e. The molecule has 1 aliphatic heterocycles. The van der Waals surface area contributed by atoms with E-state index in [1.807, 2.05) is 36.1 Å². The van der Waals surface area contributed by atoms with Gasteiger partial charge in [-0.05, 0) is 50.6 Å². The van der Waals surface area contributed by atoms with Crippen molar-refractivity contribution >= 4 is 18.3 Å². The summed E-state index contributed by atoms with van der Waals surface area (Å²) in [5.41, 5.74) is 0.744. The minimum atomic E-state index is 0. The molecular formula is C16H25ClN2O2. The van der Waals surface area contributed by atoms with Crippen molar-refractivity contribution in [3.05, 3.63) is 29.8 Å². The summed E-state index contributed by atoms with van der Waals surface area (Å²) in [6.45, 7) is 7.43. The van der Waals surface area contributed by atoms with Crippen LogP contribution < -0.4 is 10.1 Å². The summed E-state index contributed by atoms with van der Waals surface area (Å²) in [5.74, 6) is 0.942. The molecule has 1 fully saturated rings. The summed E-state index contributed by atoms with van der Waals surface area (Å²) in [7, 11) is 0. The Hall–Kier alpha value is -1.26. The first-order valence-corrected chi connectivity index (χ1v) is 7.50. The fourth-order valence-corrected chi connectivity index (χ4v) is 2.62. The molecule has 1 aromatic rings. The zero-order chi connectivity index (χ0) is 14.4. The average Bonchev–Trinajstić information content (AvgIpc) is 2.99. The molecule has 0 aliphatic carbocycles. The molecule has 1 aromatic carbocycles. The summed E-state index contributed by atoms with van der Waals surface area (Å²) >= 11 is 0. The summed E-state index contributed by atoms with van der Waals surface area (Å²) in [6.07, 6.45) is 2.03. The van der Waals surface area contributed by atoms with Gasteiger partial charge in [-0.15, -0.1) is 12.4 Å². The average molecular weight is 313 g/mol. The maximum absolute atomic E-state index is 12.6. The van der Waals surface area contributed by atoms with Crippen LogP contribution in [0.3, 0.4) is 0 Å². The third-order valence-corrected chi connectivity index (χ3v) is 3.61. The molecule has 0 saturated carbocycles. The Bertz CT molecular complexity index is 430. The van der Waals surface area contributed by atoms with E-state index in [9.17, 15) is 4.79 Å². The molecule has 0 aromatic heterocycles. The summed E-state index contributed by atoms with van der Waals surface area (Å²) in [5, 5.41) is 3.33. The Morgan fingerprint density at radius 2 is 2.05 bits per heavy atom. The van der Waals surface area contributed by atoms with Crippen LogP contribution in [0.4, 0.5) is 0 Å².